The maximum absolute atomic E-state index is 9.44. The first-order valence-corrected chi connectivity index (χ1v) is 8.66. The third-order valence-electron chi connectivity index (χ3n) is 4.47. The number of oxime groups is 1. The Morgan fingerprint density at radius 1 is 0.905 bits per heavy atom. The van der Waals surface area contributed by atoms with Gasteiger partial charge in [0.15, 0.2) is 0 Å². The Hall–Kier alpha value is -1.03. The summed E-state index contributed by atoms with van der Waals surface area (Å²) in [4.78, 5) is 2.33. The summed E-state index contributed by atoms with van der Waals surface area (Å²) in [7, 11) is 0. The fourth-order valence-corrected chi connectivity index (χ4v) is 3.20. The van der Waals surface area contributed by atoms with Gasteiger partial charge in [0.05, 0.1) is 18.9 Å². The summed E-state index contributed by atoms with van der Waals surface area (Å²) in [6.07, 6.45) is 14.6. The number of morpholine rings is 1. The van der Waals surface area contributed by atoms with Crippen molar-refractivity contribution in [3.63, 3.8) is 0 Å². The van der Waals surface area contributed by atoms with Crippen LogP contribution >= 0.6 is 0 Å². The molecule has 4 heteroatoms. The standard InChI is InChI=1S/C17H30N2O2/c20-18-16-10-8-6-4-2-1-3-5-7-9-11-17(16)19-12-14-21-15-13-19/h11,20H,1-10,12-15H2/b17-11-,18-16?. The molecule has 0 atom stereocenters. The molecule has 0 aromatic rings. The van der Waals surface area contributed by atoms with E-state index >= 15 is 0 Å². The van der Waals surface area contributed by atoms with Crippen LogP contribution in [-0.4, -0.2) is 42.1 Å². The van der Waals surface area contributed by atoms with Crippen LogP contribution in [0.2, 0.25) is 0 Å². The highest BCUT2D eigenvalue weighted by Crippen LogP contribution is 2.19. The number of nitrogens with zero attached hydrogens (tertiary/aromatic N) is 2. The van der Waals surface area contributed by atoms with Crippen LogP contribution in [0.4, 0.5) is 0 Å². The lowest BCUT2D eigenvalue weighted by Gasteiger charge is -2.31. The fourth-order valence-electron chi connectivity index (χ4n) is 3.20. The zero-order valence-electron chi connectivity index (χ0n) is 13.2. The smallest absolute Gasteiger partial charge is 0.102 e. The van der Waals surface area contributed by atoms with Crippen molar-refractivity contribution in [2.75, 3.05) is 26.3 Å². The van der Waals surface area contributed by atoms with Crippen LogP contribution in [0, 0.1) is 0 Å². The van der Waals surface area contributed by atoms with Crippen molar-refractivity contribution in [1.29, 1.82) is 0 Å². The van der Waals surface area contributed by atoms with Crippen LogP contribution in [0.5, 0.6) is 0 Å². The van der Waals surface area contributed by atoms with E-state index in [0.717, 1.165) is 57.0 Å². The molecule has 21 heavy (non-hydrogen) atoms. The second kappa shape index (κ2) is 9.82. The van der Waals surface area contributed by atoms with Gasteiger partial charge < -0.3 is 14.8 Å². The van der Waals surface area contributed by atoms with E-state index in [1.807, 2.05) is 0 Å². The summed E-state index contributed by atoms with van der Waals surface area (Å²) in [6, 6.07) is 0. The molecule has 0 radical (unpaired) electrons. The highest BCUT2D eigenvalue weighted by atomic mass is 16.5. The number of ether oxygens (including phenoxy) is 1. The molecule has 2 rings (SSSR count). The van der Waals surface area contributed by atoms with E-state index in [-0.39, 0.29) is 0 Å². The van der Waals surface area contributed by atoms with Crippen molar-refractivity contribution in [3.8, 4) is 0 Å². The van der Waals surface area contributed by atoms with Gasteiger partial charge in [-0.1, -0.05) is 49.8 Å². The number of rotatable bonds is 1. The molecule has 0 aromatic heterocycles. The van der Waals surface area contributed by atoms with Crippen LogP contribution in [0.15, 0.2) is 16.9 Å². The fraction of sp³-hybridized carbons (Fsp3) is 0.824. The van der Waals surface area contributed by atoms with Crippen molar-refractivity contribution in [2.45, 2.75) is 64.2 Å². The maximum atomic E-state index is 9.44. The van der Waals surface area contributed by atoms with Crippen LogP contribution in [0.3, 0.4) is 0 Å². The topological polar surface area (TPSA) is 45.1 Å². The van der Waals surface area contributed by atoms with E-state index in [4.69, 9.17) is 4.74 Å². The molecule has 1 fully saturated rings. The third kappa shape index (κ3) is 5.70. The first-order valence-electron chi connectivity index (χ1n) is 8.66. The summed E-state index contributed by atoms with van der Waals surface area (Å²) in [5.74, 6) is 0. The van der Waals surface area contributed by atoms with Gasteiger partial charge in [-0.25, -0.2) is 0 Å². The minimum absolute atomic E-state index is 0.774. The van der Waals surface area contributed by atoms with Gasteiger partial charge in [0.2, 0.25) is 0 Å². The molecule has 1 saturated heterocycles. The monoisotopic (exact) mass is 294 g/mol. The molecular formula is C17H30N2O2. The van der Waals surface area contributed by atoms with Crippen molar-refractivity contribution in [1.82, 2.24) is 4.90 Å². The molecule has 120 valence electrons. The molecule has 0 saturated carbocycles. The van der Waals surface area contributed by atoms with Crippen LogP contribution in [0.1, 0.15) is 64.2 Å². The van der Waals surface area contributed by atoms with Crippen molar-refractivity contribution in [2.24, 2.45) is 5.16 Å². The maximum Gasteiger partial charge on any atom is 0.102 e. The van der Waals surface area contributed by atoms with Gasteiger partial charge in [0.1, 0.15) is 5.71 Å². The first kappa shape index (κ1) is 16.3. The predicted octanol–water partition coefficient (Wildman–Crippen LogP) is 3.95. The van der Waals surface area contributed by atoms with Crippen LogP contribution < -0.4 is 0 Å². The normalized spacial score (nSPS) is 28.1. The number of hydrogen-bond donors (Lipinski definition) is 1. The minimum Gasteiger partial charge on any atom is -0.411 e. The SMILES string of the molecule is ON=C1CCCCCCCCCC/C=C/1N1CCOCC1. The molecule has 1 aliphatic carbocycles. The Morgan fingerprint density at radius 3 is 2.19 bits per heavy atom. The zero-order chi connectivity index (χ0) is 14.8. The molecule has 0 bridgehead atoms. The second-order valence-corrected chi connectivity index (χ2v) is 6.10. The van der Waals surface area contributed by atoms with Crippen LogP contribution in [-0.2, 0) is 4.74 Å². The predicted molar refractivity (Wildman–Crippen MR) is 85.9 cm³/mol. The first-order chi connectivity index (χ1) is 10.4. The number of hydrogen-bond acceptors (Lipinski definition) is 4. The van der Waals surface area contributed by atoms with E-state index in [1.165, 1.54) is 44.9 Å². The van der Waals surface area contributed by atoms with Crippen LogP contribution in [0.25, 0.3) is 0 Å². The summed E-state index contributed by atoms with van der Waals surface area (Å²) in [6.45, 7) is 3.36. The molecule has 2 aliphatic rings. The lowest BCUT2D eigenvalue weighted by Crippen LogP contribution is -2.38. The Morgan fingerprint density at radius 2 is 1.52 bits per heavy atom. The lowest BCUT2D eigenvalue weighted by atomic mass is 10.0. The Balaban J connectivity index is 2.04. The summed E-state index contributed by atoms with van der Waals surface area (Å²) < 4.78 is 5.44. The van der Waals surface area contributed by atoms with Crippen molar-refractivity contribution in [3.05, 3.63) is 11.8 Å². The van der Waals surface area contributed by atoms with Gasteiger partial charge >= 0.3 is 0 Å². The molecule has 0 unspecified atom stereocenters. The lowest BCUT2D eigenvalue weighted by molar-refractivity contribution is 0.0560. The highest BCUT2D eigenvalue weighted by molar-refractivity contribution is 5.99. The van der Waals surface area contributed by atoms with E-state index in [2.05, 4.69) is 16.1 Å². The highest BCUT2D eigenvalue weighted by Gasteiger charge is 2.18. The van der Waals surface area contributed by atoms with Crippen molar-refractivity contribution < 1.29 is 9.94 Å². The zero-order valence-corrected chi connectivity index (χ0v) is 13.2. The summed E-state index contributed by atoms with van der Waals surface area (Å²) in [5, 5.41) is 13.1. The Labute approximate surface area is 128 Å². The van der Waals surface area contributed by atoms with Gasteiger partial charge in [-0.05, 0) is 25.7 Å². The van der Waals surface area contributed by atoms with Crippen molar-refractivity contribution >= 4 is 5.71 Å². The van der Waals surface area contributed by atoms with E-state index in [0.29, 0.717) is 0 Å². The van der Waals surface area contributed by atoms with Gasteiger partial charge in [-0.2, -0.15) is 0 Å². The Bertz CT molecular complexity index is 347. The minimum atomic E-state index is 0.774. The largest absolute Gasteiger partial charge is 0.411 e. The molecule has 1 heterocycles. The van der Waals surface area contributed by atoms with E-state index in [9.17, 15) is 5.21 Å². The molecule has 4 nitrogen and oxygen atoms in total. The Kier molecular flexibility index (Phi) is 7.65. The second-order valence-electron chi connectivity index (χ2n) is 6.10. The van der Waals surface area contributed by atoms with Gasteiger partial charge in [0.25, 0.3) is 0 Å². The quantitative estimate of drug-likeness (QED) is 0.588. The third-order valence-corrected chi connectivity index (χ3v) is 4.47. The molecule has 1 N–H and O–H groups in total. The molecule has 0 amide bonds. The summed E-state index contributed by atoms with van der Waals surface area (Å²) in [5.41, 5.74) is 2.02. The molecule has 0 spiro atoms. The van der Waals surface area contributed by atoms with Gasteiger partial charge in [-0.15, -0.1) is 0 Å². The average Bonchev–Trinajstić information content (AvgIpc) is 2.56. The van der Waals surface area contributed by atoms with Gasteiger partial charge in [0, 0.05) is 13.1 Å². The average molecular weight is 294 g/mol. The molecule has 1 aliphatic heterocycles. The molecular weight excluding hydrogens is 264 g/mol. The number of allylic oxidation sites excluding steroid dienone is 2. The summed E-state index contributed by atoms with van der Waals surface area (Å²) >= 11 is 0. The van der Waals surface area contributed by atoms with E-state index in [1.54, 1.807) is 0 Å². The van der Waals surface area contributed by atoms with E-state index < -0.39 is 0 Å². The molecule has 0 aromatic carbocycles. The van der Waals surface area contributed by atoms with Gasteiger partial charge in [-0.3, -0.25) is 0 Å².